The Morgan fingerprint density at radius 2 is 2.00 bits per heavy atom. The summed E-state index contributed by atoms with van der Waals surface area (Å²) in [6, 6.07) is 7.42. The molecule has 1 aromatic carbocycles. The number of halogens is 3. The fraction of sp³-hybridized carbons (Fsp3) is 0.500. The van der Waals surface area contributed by atoms with Crippen molar-refractivity contribution in [1.29, 1.82) is 0 Å². The molecule has 0 saturated heterocycles. The largest absolute Gasteiger partial charge is 0.393 e. The Morgan fingerprint density at radius 1 is 1.31 bits per heavy atom. The molecule has 0 aliphatic rings. The molecule has 0 saturated carbocycles. The van der Waals surface area contributed by atoms with Gasteiger partial charge >= 0.3 is 6.18 Å². The van der Waals surface area contributed by atoms with Gasteiger partial charge < -0.3 is 5.11 Å². The molecule has 0 spiro atoms. The van der Waals surface area contributed by atoms with Crippen molar-refractivity contribution in [3.8, 4) is 0 Å². The summed E-state index contributed by atoms with van der Waals surface area (Å²) >= 11 is 0. The lowest BCUT2D eigenvalue weighted by Gasteiger charge is -2.12. The number of hydrogen-bond donors (Lipinski definition) is 1. The highest BCUT2D eigenvalue weighted by Gasteiger charge is 2.27. The molecule has 1 nitrogen and oxygen atoms in total. The Labute approximate surface area is 92.9 Å². The van der Waals surface area contributed by atoms with Crippen LogP contribution in [0.4, 0.5) is 13.2 Å². The third kappa shape index (κ3) is 5.16. The molecule has 1 unspecified atom stereocenters. The van der Waals surface area contributed by atoms with Crippen LogP contribution in [0.2, 0.25) is 0 Å². The zero-order chi connectivity index (χ0) is 12.2. The summed E-state index contributed by atoms with van der Waals surface area (Å²) in [6.45, 7) is 1.91. The Bertz CT molecular complexity index is 333. The number of hydrogen-bond acceptors (Lipinski definition) is 1. The molecule has 4 heteroatoms. The summed E-state index contributed by atoms with van der Waals surface area (Å²) in [5.41, 5.74) is 1.91. The number of aryl methyl sites for hydroxylation is 1. The van der Waals surface area contributed by atoms with Gasteiger partial charge in [0.1, 0.15) is 0 Å². The molecule has 1 N–H and O–H groups in total. The molecule has 0 radical (unpaired) electrons. The quantitative estimate of drug-likeness (QED) is 0.844. The Morgan fingerprint density at radius 3 is 2.56 bits per heavy atom. The van der Waals surface area contributed by atoms with E-state index in [4.69, 9.17) is 0 Å². The molecule has 1 rings (SSSR count). The summed E-state index contributed by atoms with van der Waals surface area (Å²) in [7, 11) is 0. The molecule has 0 aromatic heterocycles. The second-order valence-electron chi connectivity index (χ2n) is 4.00. The number of aliphatic hydroxyl groups is 1. The van der Waals surface area contributed by atoms with Gasteiger partial charge in [0.25, 0.3) is 0 Å². The van der Waals surface area contributed by atoms with Crippen molar-refractivity contribution < 1.29 is 18.3 Å². The molecule has 0 bridgehead atoms. The van der Waals surface area contributed by atoms with Crippen LogP contribution in [0.15, 0.2) is 24.3 Å². The van der Waals surface area contributed by atoms with Gasteiger partial charge in [-0.1, -0.05) is 29.8 Å². The van der Waals surface area contributed by atoms with Crippen molar-refractivity contribution in [1.82, 2.24) is 0 Å². The molecule has 1 aromatic rings. The maximum atomic E-state index is 11.9. The topological polar surface area (TPSA) is 20.2 Å². The van der Waals surface area contributed by atoms with Gasteiger partial charge in [-0.3, -0.25) is 0 Å². The van der Waals surface area contributed by atoms with E-state index in [1.54, 1.807) is 0 Å². The normalized spacial score (nSPS) is 13.8. The average molecular weight is 232 g/mol. The fourth-order valence-corrected chi connectivity index (χ4v) is 1.54. The van der Waals surface area contributed by atoms with Crippen molar-refractivity contribution in [2.45, 2.75) is 38.5 Å². The third-order valence-corrected chi connectivity index (χ3v) is 2.31. The van der Waals surface area contributed by atoms with E-state index < -0.39 is 18.7 Å². The number of benzene rings is 1. The third-order valence-electron chi connectivity index (χ3n) is 2.31. The van der Waals surface area contributed by atoms with Crippen LogP contribution in [0.3, 0.4) is 0 Å². The Kier molecular flexibility index (Phi) is 4.35. The highest BCUT2D eigenvalue weighted by atomic mass is 19.4. The van der Waals surface area contributed by atoms with E-state index in [2.05, 4.69) is 0 Å². The van der Waals surface area contributed by atoms with Crippen LogP contribution in [0.25, 0.3) is 0 Å². The SMILES string of the molecule is Cc1cccc(CC(O)CCC(F)(F)F)c1. The zero-order valence-electron chi connectivity index (χ0n) is 9.09. The van der Waals surface area contributed by atoms with Crippen molar-refractivity contribution in [3.63, 3.8) is 0 Å². The van der Waals surface area contributed by atoms with E-state index in [-0.39, 0.29) is 12.8 Å². The lowest BCUT2D eigenvalue weighted by atomic mass is 10.0. The van der Waals surface area contributed by atoms with Crippen LogP contribution in [0.1, 0.15) is 24.0 Å². The minimum absolute atomic E-state index is 0.239. The molecule has 1 atom stereocenters. The van der Waals surface area contributed by atoms with Gasteiger partial charge in [-0.25, -0.2) is 0 Å². The van der Waals surface area contributed by atoms with Gasteiger partial charge in [0.15, 0.2) is 0 Å². The molecule has 0 heterocycles. The molecule has 0 amide bonds. The van der Waals surface area contributed by atoms with E-state index in [1.165, 1.54) is 0 Å². The van der Waals surface area contributed by atoms with E-state index in [1.807, 2.05) is 31.2 Å². The fourth-order valence-electron chi connectivity index (χ4n) is 1.54. The average Bonchev–Trinajstić information content (AvgIpc) is 2.14. The summed E-state index contributed by atoms with van der Waals surface area (Å²) in [5, 5.41) is 9.46. The highest BCUT2D eigenvalue weighted by Crippen LogP contribution is 2.23. The van der Waals surface area contributed by atoms with Gasteiger partial charge in [-0.05, 0) is 25.3 Å². The van der Waals surface area contributed by atoms with Gasteiger partial charge in [-0.2, -0.15) is 13.2 Å². The summed E-state index contributed by atoms with van der Waals surface area (Å²) in [6.07, 6.45) is -6.01. The smallest absolute Gasteiger partial charge is 0.389 e. The minimum atomic E-state index is -4.19. The molecule has 0 aliphatic carbocycles. The van der Waals surface area contributed by atoms with Crippen LogP contribution in [0, 0.1) is 6.92 Å². The predicted octanol–water partition coefficient (Wildman–Crippen LogP) is 3.24. The summed E-state index contributed by atoms with van der Waals surface area (Å²) in [5.74, 6) is 0. The van der Waals surface area contributed by atoms with Gasteiger partial charge in [-0.15, -0.1) is 0 Å². The van der Waals surface area contributed by atoms with Gasteiger partial charge in [0.2, 0.25) is 0 Å². The Balaban J connectivity index is 2.43. The molecular weight excluding hydrogens is 217 g/mol. The van der Waals surface area contributed by atoms with Crippen LogP contribution < -0.4 is 0 Å². The van der Waals surface area contributed by atoms with Crippen molar-refractivity contribution in [3.05, 3.63) is 35.4 Å². The van der Waals surface area contributed by atoms with Crippen molar-refractivity contribution in [2.75, 3.05) is 0 Å². The number of alkyl halides is 3. The van der Waals surface area contributed by atoms with Crippen LogP contribution in [-0.4, -0.2) is 17.4 Å². The van der Waals surface area contributed by atoms with Crippen molar-refractivity contribution in [2.24, 2.45) is 0 Å². The summed E-state index contributed by atoms with van der Waals surface area (Å²) < 4.78 is 35.7. The second-order valence-corrected chi connectivity index (χ2v) is 4.00. The van der Waals surface area contributed by atoms with E-state index in [0.717, 1.165) is 11.1 Å². The standard InChI is InChI=1S/C12H15F3O/c1-9-3-2-4-10(7-9)8-11(16)5-6-12(13,14)15/h2-4,7,11,16H,5-6,8H2,1H3. The monoisotopic (exact) mass is 232 g/mol. The van der Waals surface area contributed by atoms with Crippen LogP contribution in [0.5, 0.6) is 0 Å². The predicted molar refractivity (Wildman–Crippen MR) is 56.2 cm³/mol. The van der Waals surface area contributed by atoms with Gasteiger partial charge in [0, 0.05) is 6.42 Å². The highest BCUT2D eigenvalue weighted by molar-refractivity contribution is 5.22. The first kappa shape index (κ1) is 13.0. The number of rotatable bonds is 4. The lowest BCUT2D eigenvalue weighted by molar-refractivity contribution is -0.139. The first-order valence-corrected chi connectivity index (χ1v) is 5.17. The first-order valence-electron chi connectivity index (χ1n) is 5.17. The van der Waals surface area contributed by atoms with E-state index in [0.29, 0.717) is 0 Å². The van der Waals surface area contributed by atoms with Crippen molar-refractivity contribution >= 4 is 0 Å². The van der Waals surface area contributed by atoms with Crippen LogP contribution >= 0.6 is 0 Å². The maximum Gasteiger partial charge on any atom is 0.389 e. The van der Waals surface area contributed by atoms with Gasteiger partial charge in [0.05, 0.1) is 6.10 Å². The molecule has 90 valence electrons. The zero-order valence-corrected chi connectivity index (χ0v) is 9.09. The number of aliphatic hydroxyl groups excluding tert-OH is 1. The lowest BCUT2D eigenvalue weighted by Crippen LogP contribution is -2.16. The van der Waals surface area contributed by atoms with Crippen LogP contribution in [-0.2, 0) is 6.42 Å². The second kappa shape index (κ2) is 5.34. The van der Waals surface area contributed by atoms with E-state index in [9.17, 15) is 18.3 Å². The molecule has 0 aliphatic heterocycles. The molecular formula is C12H15F3O. The first-order chi connectivity index (χ1) is 7.37. The summed E-state index contributed by atoms with van der Waals surface area (Å²) in [4.78, 5) is 0. The Hall–Kier alpha value is -1.03. The molecule has 0 fully saturated rings. The van der Waals surface area contributed by atoms with E-state index >= 15 is 0 Å². The molecule has 16 heavy (non-hydrogen) atoms. The maximum absolute atomic E-state index is 11.9. The minimum Gasteiger partial charge on any atom is -0.393 e.